The molecule has 2 aromatic rings. The number of benzene rings is 1. The highest BCUT2D eigenvalue weighted by molar-refractivity contribution is 7.09. The van der Waals surface area contributed by atoms with Crippen LogP contribution >= 0.6 is 11.3 Å². The zero-order chi connectivity index (χ0) is 15.2. The van der Waals surface area contributed by atoms with E-state index in [9.17, 15) is 0 Å². The number of thiazole rings is 1. The van der Waals surface area contributed by atoms with Crippen LogP contribution in [0.1, 0.15) is 41.2 Å². The van der Waals surface area contributed by atoms with Crippen LogP contribution < -0.4 is 10.1 Å². The molecule has 21 heavy (non-hydrogen) atoms. The van der Waals surface area contributed by atoms with E-state index >= 15 is 0 Å². The molecule has 0 spiro atoms. The topological polar surface area (TPSA) is 34.2 Å². The van der Waals surface area contributed by atoms with Gasteiger partial charge in [-0.05, 0) is 32.9 Å². The summed E-state index contributed by atoms with van der Waals surface area (Å²) >= 11 is 1.71. The van der Waals surface area contributed by atoms with Gasteiger partial charge in [-0.1, -0.05) is 24.6 Å². The van der Waals surface area contributed by atoms with Crippen molar-refractivity contribution in [2.75, 3.05) is 13.7 Å². The van der Waals surface area contributed by atoms with Crippen LogP contribution in [0.5, 0.6) is 5.75 Å². The van der Waals surface area contributed by atoms with Crippen molar-refractivity contribution in [1.82, 2.24) is 10.3 Å². The van der Waals surface area contributed by atoms with Gasteiger partial charge in [-0.15, -0.1) is 11.3 Å². The van der Waals surface area contributed by atoms with E-state index in [0.717, 1.165) is 35.8 Å². The van der Waals surface area contributed by atoms with Crippen molar-refractivity contribution < 1.29 is 4.74 Å². The highest BCUT2D eigenvalue weighted by atomic mass is 32.1. The molecule has 4 heteroatoms. The molecule has 2 rings (SSSR count). The standard InChI is InChI=1S/C17H24N2OS/c1-5-8-18-16(10-14-11-21-13(3)19-14)15-9-12(2)6-7-17(15)20-4/h6-7,9,11,16,18H,5,8,10H2,1-4H3. The zero-order valence-electron chi connectivity index (χ0n) is 13.3. The van der Waals surface area contributed by atoms with Gasteiger partial charge in [0, 0.05) is 23.4 Å². The monoisotopic (exact) mass is 304 g/mol. The molecule has 1 atom stereocenters. The molecule has 0 bridgehead atoms. The lowest BCUT2D eigenvalue weighted by Crippen LogP contribution is -2.24. The molecule has 0 saturated carbocycles. The van der Waals surface area contributed by atoms with Crippen molar-refractivity contribution in [3.63, 3.8) is 0 Å². The van der Waals surface area contributed by atoms with Crippen molar-refractivity contribution in [2.24, 2.45) is 0 Å². The maximum absolute atomic E-state index is 5.55. The first-order valence-corrected chi connectivity index (χ1v) is 8.31. The second-order valence-electron chi connectivity index (χ2n) is 5.31. The van der Waals surface area contributed by atoms with E-state index in [2.05, 4.69) is 54.7 Å². The normalized spacial score (nSPS) is 12.4. The number of aromatic nitrogens is 1. The quantitative estimate of drug-likeness (QED) is 0.838. The molecule has 1 aromatic heterocycles. The van der Waals surface area contributed by atoms with E-state index in [-0.39, 0.29) is 6.04 Å². The van der Waals surface area contributed by atoms with Gasteiger partial charge in [-0.25, -0.2) is 4.98 Å². The van der Waals surface area contributed by atoms with Gasteiger partial charge in [-0.2, -0.15) is 0 Å². The predicted octanol–water partition coefficient (Wildman–Crippen LogP) is 4.05. The Bertz CT molecular complexity index is 580. The van der Waals surface area contributed by atoms with E-state index in [1.54, 1.807) is 18.4 Å². The highest BCUT2D eigenvalue weighted by Crippen LogP contribution is 2.29. The number of methoxy groups -OCH3 is 1. The van der Waals surface area contributed by atoms with E-state index < -0.39 is 0 Å². The molecule has 1 unspecified atom stereocenters. The number of hydrogen-bond donors (Lipinski definition) is 1. The summed E-state index contributed by atoms with van der Waals surface area (Å²) in [5, 5.41) is 6.90. The number of ether oxygens (including phenoxy) is 1. The Labute approximate surface area is 131 Å². The average Bonchev–Trinajstić information content (AvgIpc) is 2.88. The summed E-state index contributed by atoms with van der Waals surface area (Å²) in [6.45, 7) is 7.35. The van der Waals surface area contributed by atoms with Gasteiger partial charge in [-0.3, -0.25) is 0 Å². The predicted molar refractivity (Wildman–Crippen MR) is 89.3 cm³/mol. The molecule has 0 fully saturated rings. The fourth-order valence-electron chi connectivity index (χ4n) is 2.45. The Morgan fingerprint density at radius 3 is 2.76 bits per heavy atom. The lowest BCUT2D eigenvalue weighted by atomic mass is 9.99. The summed E-state index contributed by atoms with van der Waals surface area (Å²) in [6.07, 6.45) is 2.00. The van der Waals surface area contributed by atoms with Crippen LogP contribution in [0.2, 0.25) is 0 Å². The van der Waals surface area contributed by atoms with Crippen LogP contribution in [0.15, 0.2) is 23.6 Å². The summed E-state index contributed by atoms with van der Waals surface area (Å²) in [7, 11) is 1.73. The van der Waals surface area contributed by atoms with Crippen LogP contribution in [0.25, 0.3) is 0 Å². The summed E-state index contributed by atoms with van der Waals surface area (Å²) < 4.78 is 5.55. The first-order valence-electron chi connectivity index (χ1n) is 7.43. The second kappa shape index (κ2) is 7.57. The molecular formula is C17H24N2OS. The fourth-order valence-corrected chi connectivity index (χ4v) is 3.07. The summed E-state index contributed by atoms with van der Waals surface area (Å²) in [5.41, 5.74) is 3.62. The Balaban J connectivity index is 2.28. The van der Waals surface area contributed by atoms with Crippen molar-refractivity contribution in [3.8, 4) is 5.75 Å². The smallest absolute Gasteiger partial charge is 0.123 e. The second-order valence-corrected chi connectivity index (χ2v) is 6.38. The van der Waals surface area contributed by atoms with Gasteiger partial charge < -0.3 is 10.1 Å². The van der Waals surface area contributed by atoms with Crippen LogP contribution in [-0.2, 0) is 6.42 Å². The van der Waals surface area contributed by atoms with E-state index in [1.165, 1.54) is 11.1 Å². The molecule has 114 valence electrons. The van der Waals surface area contributed by atoms with Crippen LogP contribution in [0, 0.1) is 13.8 Å². The van der Waals surface area contributed by atoms with Gasteiger partial charge in [0.1, 0.15) is 5.75 Å². The Hall–Kier alpha value is -1.39. The third-order valence-corrected chi connectivity index (χ3v) is 4.30. The van der Waals surface area contributed by atoms with Crippen LogP contribution in [-0.4, -0.2) is 18.6 Å². The van der Waals surface area contributed by atoms with Crippen molar-refractivity contribution >= 4 is 11.3 Å². The third-order valence-electron chi connectivity index (χ3n) is 3.48. The minimum atomic E-state index is 0.237. The van der Waals surface area contributed by atoms with Gasteiger partial charge in [0.2, 0.25) is 0 Å². The largest absolute Gasteiger partial charge is 0.496 e. The summed E-state index contributed by atoms with van der Waals surface area (Å²) in [5.74, 6) is 0.946. The number of nitrogens with zero attached hydrogens (tertiary/aromatic N) is 1. The molecule has 3 nitrogen and oxygen atoms in total. The summed E-state index contributed by atoms with van der Waals surface area (Å²) in [4.78, 5) is 4.60. The third kappa shape index (κ3) is 4.29. The average molecular weight is 304 g/mol. The minimum absolute atomic E-state index is 0.237. The van der Waals surface area contributed by atoms with Gasteiger partial charge in [0.05, 0.1) is 17.8 Å². The van der Waals surface area contributed by atoms with Crippen molar-refractivity contribution in [1.29, 1.82) is 0 Å². The van der Waals surface area contributed by atoms with Gasteiger partial charge in [0.25, 0.3) is 0 Å². The highest BCUT2D eigenvalue weighted by Gasteiger charge is 2.17. The molecule has 1 heterocycles. The van der Waals surface area contributed by atoms with Gasteiger partial charge in [0.15, 0.2) is 0 Å². The molecule has 0 saturated heterocycles. The maximum Gasteiger partial charge on any atom is 0.123 e. The SMILES string of the molecule is CCCNC(Cc1csc(C)n1)c1cc(C)ccc1OC. The molecule has 0 aliphatic rings. The molecule has 1 N–H and O–H groups in total. The first kappa shape index (κ1) is 16.0. The van der Waals surface area contributed by atoms with Crippen LogP contribution in [0.4, 0.5) is 0 Å². The van der Waals surface area contributed by atoms with Gasteiger partial charge >= 0.3 is 0 Å². The Morgan fingerprint density at radius 1 is 1.33 bits per heavy atom. The Kier molecular flexibility index (Phi) is 5.76. The number of hydrogen-bond acceptors (Lipinski definition) is 4. The van der Waals surface area contributed by atoms with E-state index in [4.69, 9.17) is 4.74 Å². The molecule has 0 amide bonds. The number of nitrogens with one attached hydrogen (secondary N) is 1. The number of rotatable bonds is 7. The summed E-state index contributed by atoms with van der Waals surface area (Å²) in [6, 6.07) is 6.59. The number of aryl methyl sites for hydroxylation is 2. The lowest BCUT2D eigenvalue weighted by molar-refractivity contribution is 0.397. The van der Waals surface area contributed by atoms with E-state index in [0.29, 0.717) is 0 Å². The fraction of sp³-hybridized carbons (Fsp3) is 0.471. The minimum Gasteiger partial charge on any atom is -0.496 e. The lowest BCUT2D eigenvalue weighted by Gasteiger charge is -2.21. The van der Waals surface area contributed by atoms with E-state index in [1.807, 2.05) is 0 Å². The molecule has 0 aliphatic carbocycles. The molecular weight excluding hydrogens is 280 g/mol. The Morgan fingerprint density at radius 2 is 2.14 bits per heavy atom. The molecule has 0 aliphatic heterocycles. The zero-order valence-corrected chi connectivity index (χ0v) is 14.1. The molecule has 1 aromatic carbocycles. The maximum atomic E-state index is 5.55. The first-order chi connectivity index (χ1) is 10.1. The van der Waals surface area contributed by atoms with Crippen LogP contribution in [0.3, 0.4) is 0 Å². The van der Waals surface area contributed by atoms with Crippen molar-refractivity contribution in [3.05, 3.63) is 45.4 Å². The van der Waals surface area contributed by atoms with Crippen molar-refractivity contribution in [2.45, 2.75) is 39.7 Å². The molecule has 0 radical (unpaired) electrons.